The Hall–Kier alpha value is -2.64. The number of aromatic hydroxyl groups is 1. The fourth-order valence-corrected chi connectivity index (χ4v) is 3.85. The lowest BCUT2D eigenvalue weighted by Gasteiger charge is -2.14. The van der Waals surface area contributed by atoms with E-state index < -0.39 is 0 Å². The number of rotatable bonds is 6. The van der Waals surface area contributed by atoms with Crippen molar-refractivity contribution >= 4 is 51.9 Å². The minimum atomic E-state index is -0.147. The first kappa shape index (κ1) is 19.1. The molecule has 0 aliphatic carbocycles. The summed E-state index contributed by atoms with van der Waals surface area (Å²) in [6.45, 7) is 0.403. The molecule has 27 heavy (non-hydrogen) atoms. The summed E-state index contributed by atoms with van der Waals surface area (Å²) in [5, 5.41) is 11.9. The molecule has 0 unspecified atom stereocenters. The molecular weight excluding hydrogens is 380 g/mol. The van der Waals surface area contributed by atoms with Gasteiger partial charge in [0.2, 0.25) is 5.91 Å². The monoisotopic (exact) mass is 398 g/mol. The highest BCUT2D eigenvalue weighted by atomic mass is 32.2. The van der Waals surface area contributed by atoms with Crippen LogP contribution in [0.1, 0.15) is 18.4 Å². The Balaban J connectivity index is 1.51. The molecule has 0 atom stereocenters. The van der Waals surface area contributed by atoms with E-state index in [4.69, 9.17) is 12.2 Å². The standard InChI is InChI=1S/C20H18N2O3S2/c23-16-10-8-15(9-11-16)21-18(24)7-4-12-22-19(26)17(27-20(22)25)13-14-5-2-1-3-6-14/h1-3,5-6,8-11,13,23H,4,7,12H2,(H,21,24)/b17-13+. The van der Waals surface area contributed by atoms with Crippen LogP contribution in [0.3, 0.4) is 0 Å². The lowest BCUT2D eigenvalue weighted by molar-refractivity contribution is -0.116. The van der Waals surface area contributed by atoms with Crippen LogP contribution in [0, 0.1) is 0 Å². The fraction of sp³-hybridized carbons (Fsp3) is 0.150. The Bertz CT molecular complexity index is 880. The maximum absolute atomic E-state index is 12.2. The van der Waals surface area contributed by atoms with Gasteiger partial charge in [0, 0.05) is 18.7 Å². The quantitative estimate of drug-likeness (QED) is 0.421. The second kappa shape index (κ2) is 8.83. The van der Waals surface area contributed by atoms with Crippen LogP contribution in [0.2, 0.25) is 0 Å². The van der Waals surface area contributed by atoms with Gasteiger partial charge < -0.3 is 10.4 Å². The third-order valence-electron chi connectivity index (χ3n) is 3.91. The second-order valence-electron chi connectivity index (χ2n) is 5.94. The highest BCUT2D eigenvalue weighted by Crippen LogP contribution is 2.33. The van der Waals surface area contributed by atoms with Gasteiger partial charge in [-0.05, 0) is 54.1 Å². The number of phenols is 1. The maximum atomic E-state index is 12.2. The van der Waals surface area contributed by atoms with Crippen molar-refractivity contribution in [2.75, 3.05) is 11.9 Å². The van der Waals surface area contributed by atoms with E-state index in [0.717, 1.165) is 22.2 Å². The van der Waals surface area contributed by atoms with Gasteiger partial charge in [0.05, 0.1) is 4.91 Å². The number of hydrogen-bond acceptors (Lipinski definition) is 5. The highest BCUT2D eigenvalue weighted by Gasteiger charge is 2.31. The molecule has 2 amide bonds. The lowest BCUT2D eigenvalue weighted by Crippen LogP contribution is -2.28. The second-order valence-corrected chi connectivity index (χ2v) is 7.32. The third-order valence-corrected chi connectivity index (χ3v) is 5.40. The Morgan fingerprint density at radius 2 is 1.85 bits per heavy atom. The summed E-state index contributed by atoms with van der Waals surface area (Å²) >= 11 is 6.55. The summed E-state index contributed by atoms with van der Waals surface area (Å²) in [6.07, 6.45) is 2.69. The van der Waals surface area contributed by atoms with Crippen molar-refractivity contribution in [2.24, 2.45) is 0 Å². The summed E-state index contributed by atoms with van der Waals surface area (Å²) in [4.78, 5) is 27.0. The van der Waals surface area contributed by atoms with Crippen molar-refractivity contribution in [1.29, 1.82) is 0 Å². The van der Waals surface area contributed by atoms with Gasteiger partial charge in [0.15, 0.2) is 0 Å². The van der Waals surface area contributed by atoms with E-state index in [1.165, 1.54) is 12.1 Å². The number of thiocarbonyl (C=S) groups is 1. The van der Waals surface area contributed by atoms with E-state index in [9.17, 15) is 14.7 Å². The number of nitrogens with one attached hydrogen (secondary N) is 1. The summed E-state index contributed by atoms with van der Waals surface area (Å²) in [7, 11) is 0. The van der Waals surface area contributed by atoms with Crippen molar-refractivity contribution in [2.45, 2.75) is 12.8 Å². The number of amides is 2. The van der Waals surface area contributed by atoms with Gasteiger partial charge in [0.1, 0.15) is 10.7 Å². The van der Waals surface area contributed by atoms with Crippen LogP contribution in [0.25, 0.3) is 6.08 Å². The van der Waals surface area contributed by atoms with E-state index in [-0.39, 0.29) is 23.3 Å². The first-order chi connectivity index (χ1) is 13.0. The zero-order valence-corrected chi connectivity index (χ0v) is 16.1. The molecule has 1 saturated heterocycles. The first-order valence-corrected chi connectivity index (χ1v) is 9.65. The molecule has 5 nitrogen and oxygen atoms in total. The molecular formula is C20H18N2O3S2. The average Bonchev–Trinajstić information content (AvgIpc) is 2.92. The molecule has 1 heterocycles. The van der Waals surface area contributed by atoms with Crippen LogP contribution in [0.15, 0.2) is 59.5 Å². The predicted octanol–water partition coefficient (Wildman–Crippen LogP) is 4.65. The zero-order chi connectivity index (χ0) is 19.2. The third kappa shape index (κ3) is 5.18. The van der Waals surface area contributed by atoms with Crippen LogP contribution in [0.4, 0.5) is 10.5 Å². The highest BCUT2D eigenvalue weighted by molar-refractivity contribution is 8.19. The molecule has 3 rings (SSSR count). The number of benzene rings is 2. The van der Waals surface area contributed by atoms with E-state index in [0.29, 0.717) is 23.6 Å². The fourth-order valence-electron chi connectivity index (χ4n) is 2.56. The van der Waals surface area contributed by atoms with Crippen molar-refractivity contribution in [3.63, 3.8) is 0 Å². The Labute approximate surface area is 167 Å². The molecule has 0 saturated carbocycles. The molecule has 0 aromatic heterocycles. The van der Waals surface area contributed by atoms with Gasteiger partial charge in [-0.3, -0.25) is 14.5 Å². The van der Waals surface area contributed by atoms with Crippen molar-refractivity contribution in [3.8, 4) is 5.75 Å². The Morgan fingerprint density at radius 3 is 2.56 bits per heavy atom. The summed E-state index contributed by atoms with van der Waals surface area (Å²) in [5.41, 5.74) is 1.61. The molecule has 2 N–H and O–H groups in total. The van der Waals surface area contributed by atoms with Crippen molar-refractivity contribution < 1.29 is 14.7 Å². The number of carbonyl (C=O) groups is 2. The predicted molar refractivity (Wildman–Crippen MR) is 113 cm³/mol. The van der Waals surface area contributed by atoms with Gasteiger partial charge in [-0.15, -0.1) is 0 Å². The van der Waals surface area contributed by atoms with E-state index >= 15 is 0 Å². The molecule has 1 aliphatic rings. The molecule has 1 fully saturated rings. The first-order valence-electron chi connectivity index (χ1n) is 8.42. The van der Waals surface area contributed by atoms with E-state index in [2.05, 4.69) is 5.32 Å². The van der Waals surface area contributed by atoms with Crippen LogP contribution >= 0.6 is 24.0 Å². The molecule has 0 spiro atoms. The number of thioether (sulfide) groups is 1. The molecule has 138 valence electrons. The molecule has 2 aromatic rings. The molecule has 1 aliphatic heterocycles. The van der Waals surface area contributed by atoms with Crippen LogP contribution in [0.5, 0.6) is 5.75 Å². The smallest absolute Gasteiger partial charge is 0.291 e. The van der Waals surface area contributed by atoms with Gasteiger partial charge in [-0.2, -0.15) is 0 Å². The zero-order valence-electron chi connectivity index (χ0n) is 14.4. The van der Waals surface area contributed by atoms with Crippen LogP contribution in [-0.4, -0.2) is 32.7 Å². The minimum Gasteiger partial charge on any atom is -0.508 e. The van der Waals surface area contributed by atoms with E-state index in [1.807, 2.05) is 36.4 Å². The lowest BCUT2D eigenvalue weighted by atomic mass is 10.2. The van der Waals surface area contributed by atoms with Gasteiger partial charge in [-0.1, -0.05) is 42.5 Å². The Morgan fingerprint density at radius 1 is 1.15 bits per heavy atom. The maximum Gasteiger partial charge on any atom is 0.291 e. The van der Waals surface area contributed by atoms with E-state index in [1.54, 1.807) is 17.0 Å². The number of phenolic OH excluding ortho intramolecular Hbond substituents is 1. The van der Waals surface area contributed by atoms with Crippen LogP contribution < -0.4 is 5.32 Å². The number of carbonyl (C=O) groups excluding carboxylic acids is 2. The normalized spacial score (nSPS) is 15.4. The molecule has 2 aromatic carbocycles. The molecule has 0 bridgehead atoms. The van der Waals surface area contributed by atoms with Gasteiger partial charge in [-0.25, -0.2) is 0 Å². The summed E-state index contributed by atoms with van der Waals surface area (Å²) < 4.78 is 0. The van der Waals surface area contributed by atoms with Crippen molar-refractivity contribution in [3.05, 3.63) is 65.1 Å². The van der Waals surface area contributed by atoms with Gasteiger partial charge >= 0.3 is 0 Å². The average molecular weight is 399 g/mol. The van der Waals surface area contributed by atoms with Crippen LogP contribution in [-0.2, 0) is 4.79 Å². The Kier molecular flexibility index (Phi) is 6.26. The largest absolute Gasteiger partial charge is 0.508 e. The van der Waals surface area contributed by atoms with Crippen molar-refractivity contribution in [1.82, 2.24) is 4.90 Å². The SMILES string of the molecule is O=C(CCCN1C(=O)S/C(=C/c2ccccc2)C1=S)Nc1ccc(O)cc1. The minimum absolute atomic E-state index is 0.110. The number of anilines is 1. The summed E-state index contributed by atoms with van der Waals surface area (Å²) in [6, 6.07) is 16.0. The number of hydrogen-bond donors (Lipinski definition) is 2. The summed E-state index contributed by atoms with van der Waals surface area (Å²) in [5.74, 6) is -0.00289. The molecule has 0 radical (unpaired) electrons. The topological polar surface area (TPSA) is 69.6 Å². The van der Waals surface area contributed by atoms with Gasteiger partial charge in [0.25, 0.3) is 5.24 Å². The molecule has 7 heteroatoms. The number of nitrogens with zero attached hydrogens (tertiary/aromatic N) is 1.